The molecule has 0 saturated heterocycles. The Labute approximate surface area is 86.9 Å². The van der Waals surface area contributed by atoms with Crippen LogP contribution in [0.1, 0.15) is 11.1 Å². The van der Waals surface area contributed by atoms with E-state index in [-0.39, 0.29) is 0 Å². The molecule has 1 heterocycles. The third-order valence-corrected chi connectivity index (χ3v) is 2.07. The Hall–Kier alpha value is -0.160. The summed E-state index contributed by atoms with van der Waals surface area (Å²) in [6.45, 7) is 4.06. The lowest BCUT2D eigenvalue weighted by molar-refractivity contribution is 0.733. The van der Waals surface area contributed by atoms with Crippen molar-refractivity contribution in [1.82, 2.24) is 10.3 Å². The van der Waals surface area contributed by atoms with Crippen molar-refractivity contribution < 1.29 is 0 Å². The number of alkyl halides is 1. The second-order valence-corrected chi connectivity index (χ2v) is 3.82. The number of pyridine rings is 1. The van der Waals surface area contributed by atoms with Crippen molar-refractivity contribution in [2.45, 2.75) is 13.5 Å². The van der Waals surface area contributed by atoms with Crippen molar-refractivity contribution in [2.75, 3.05) is 11.0 Å². The predicted molar refractivity (Wildman–Crippen MR) is 59.6 cm³/mol. The molecule has 12 heavy (non-hydrogen) atoms. The smallest absolute Gasteiger partial charge is 0.0313 e. The van der Waals surface area contributed by atoms with Gasteiger partial charge in [0.15, 0.2) is 0 Å². The fourth-order valence-corrected chi connectivity index (χ4v) is 1.40. The summed E-state index contributed by atoms with van der Waals surface area (Å²) in [6, 6.07) is 2.16. The molecule has 1 aromatic heterocycles. The van der Waals surface area contributed by atoms with Crippen LogP contribution in [0, 0.1) is 6.92 Å². The molecule has 0 aliphatic heterocycles. The van der Waals surface area contributed by atoms with Gasteiger partial charge in [0.1, 0.15) is 0 Å². The number of halogens is 1. The molecule has 2 nitrogen and oxygen atoms in total. The van der Waals surface area contributed by atoms with E-state index in [0.717, 1.165) is 17.5 Å². The fraction of sp³-hybridized carbons (Fsp3) is 0.444. The van der Waals surface area contributed by atoms with E-state index in [0.29, 0.717) is 0 Å². The van der Waals surface area contributed by atoms with Gasteiger partial charge in [-0.15, -0.1) is 0 Å². The van der Waals surface area contributed by atoms with E-state index in [9.17, 15) is 0 Å². The van der Waals surface area contributed by atoms with Crippen molar-refractivity contribution in [1.29, 1.82) is 0 Å². The topological polar surface area (TPSA) is 24.9 Å². The minimum Gasteiger partial charge on any atom is -0.312 e. The van der Waals surface area contributed by atoms with Gasteiger partial charge in [0.2, 0.25) is 0 Å². The summed E-state index contributed by atoms with van der Waals surface area (Å²) in [5.74, 6) is 0. The van der Waals surface area contributed by atoms with Crippen molar-refractivity contribution in [3.8, 4) is 0 Å². The summed E-state index contributed by atoms with van der Waals surface area (Å²) in [5.41, 5.74) is 2.49. The molecule has 0 aromatic carbocycles. The molecule has 0 atom stereocenters. The number of nitrogens with one attached hydrogen (secondary N) is 1. The zero-order chi connectivity index (χ0) is 8.81. The largest absolute Gasteiger partial charge is 0.312 e. The number of hydrogen-bond donors (Lipinski definition) is 1. The molecule has 0 aliphatic carbocycles. The number of nitrogens with zero attached hydrogens (tertiary/aromatic N) is 1. The van der Waals surface area contributed by atoms with Crippen LogP contribution in [-0.4, -0.2) is 16.0 Å². The van der Waals surface area contributed by atoms with Crippen LogP contribution in [0.15, 0.2) is 18.5 Å². The normalized spacial score (nSPS) is 10.2. The van der Waals surface area contributed by atoms with Gasteiger partial charge >= 0.3 is 0 Å². The molecular weight excluding hydrogens is 263 g/mol. The summed E-state index contributed by atoms with van der Waals surface area (Å²) in [7, 11) is 0. The minimum absolute atomic E-state index is 0.928. The van der Waals surface area contributed by atoms with Gasteiger partial charge in [-0.2, -0.15) is 0 Å². The van der Waals surface area contributed by atoms with E-state index in [4.69, 9.17) is 0 Å². The molecule has 3 heteroatoms. The molecule has 1 N–H and O–H groups in total. The van der Waals surface area contributed by atoms with E-state index >= 15 is 0 Å². The molecule has 0 aliphatic rings. The van der Waals surface area contributed by atoms with E-state index in [1.807, 2.05) is 12.4 Å². The molecular formula is C9H13IN2. The first-order valence-electron chi connectivity index (χ1n) is 4.00. The summed E-state index contributed by atoms with van der Waals surface area (Å²) in [6.07, 6.45) is 3.79. The lowest BCUT2D eigenvalue weighted by Crippen LogP contribution is -2.15. The van der Waals surface area contributed by atoms with Crippen LogP contribution < -0.4 is 5.32 Å². The maximum absolute atomic E-state index is 4.12. The Morgan fingerprint density at radius 1 is 1.50 bits per heavy atom. The Bertz CT molecular complexity index is 238. The predicted octanol–water partition coefficient (Wildman–Crippen LogP) is 1.91. The van der Waals surface area contributed by atoms with Gasteiger partial charge in [0.05, 0.1) is 0 Å². The molecule has 0 radical (unpaired) electrons. The third-order valence-electron chi connectivity index (χ3n) is 1.53. The molecule has 0 bridgehead atoms. The summed E-state index contributed by atoms with van der Waals surface area (Å²) < 4.78 is 1.15. The number of hydrogen-bond acceptors (Lipinski definition) is 2. The molecule has 1 rings (SSSR count). The molecule has 0 fully saturated rings. The first-order chi connectivity index (χ1) is 5.83. The fourth-order valence-electron chi connectivity index (χ4n) is 1.01. The zero-order valence-electron chi connectivity index (χ0n) is 7.18. The average molecular weight is 276 g/mol. The van der Waals surface area contributed by atoms with Crippen LogP contribution in [0.3, 0.4) is 0 Å². The third kappa shape index (κ3) is 3.49. The van der Waals surface area contributed by atoms with Crippen LogP contribution in [0.4, 0.5) is 0 Å². The van der Waals surface area contributed by atoms with E-state index in [1.54, 1.807) is 0 Å². The van der Waals surface area contributed by atoms with Gasteiger partial charge in [-0.3, -0.25) is 4.98 Å². The Balaban J connectivity index is 2.41. The first kappa shape index (κ1) is 9.92. The molecule has 0 unspecified atom stereocenters. The van der Waals surface area contributed by atoms with Crippen LogP contribution in [0.2, 0.25) is 0 Å². The van der Waals surface area contributed by atoms with Gasteiger partial charge in [-0.05, 0) is 18.1 Å². The number of rotatable bonds is 4. The van der Waals surface area contributed by atoms with Gasteiger partial charge < -0.3 is 5.32 Å². The van der Waals surface area contributed by atoms with Gasteiger partial charge in [-0.1, -0.05) is 28.7 Å². The van der Waals surface area contributed by atoms with Crippen molar-refractivity contribution in [2.24, 2.45) is 0 Å². The number of aryl methyl sites for hydroxylation is 1. The van der Waals surface area contributed by atoms with Crippen molar-refractivity contribution in [3.63, 3.8) is 0 Å². The molecule has 0 saturated carbocycles. The Morgan fingerprint density at radius 3 is 3.00 bits per heavy atom. The molecule has 0 spiro atoms. The molecule has 0 amide bonds. The highest BCUT2D eigenvalue weighted by atomic mass is 127. The average Bonchev–Trinajstić information content (AvgIpc) is 2.05. The standard InChI is InChI=1S/C9H13IN2/c1-8-4-9(7-12-5-8)6-11-3-2-10/h4-5,7,11H,2-3,6H2,1H3. The quantitative estimate of drug-likeness (QED) is 0.516. The highest BCUT2D eigenvalue weighted by Crippen LogP contribution is 1.99. The zero-order valence-corrected chi connectivity index (χ0v) is 9.34. The van der Waals surface area contributed by atoms with E-state index < -0.39 is 0 Å². The van der Waals surface area contributed by atoms with Crippen LogP contribution in [0.5, 0.6) is 0 Å². The van der Waals surface area contributed by atoms with E-state index in [2.05, 4.69) is 45.9 Å². The van der Waals surface area contributed by atoms with Crippen LogP contribution >= 0.6 is 22.6 Å². The number of aromatic nitrogens is 1. The maximum atomic E-state index is 4.12. The second-order valence-electron chi connectivity index (χ2n) is 2.74. The highest BCUT2D eigenvalue weighted by Gasteiger charge is 1.92. The van der Waals surface area contributed by atoms with Gasteiger partial charge in [-0.25, -0.2) is 0 Å². The lowest BCUT2D eigenvalue weighted by Gasteiger charge is -2.02. The molecule has 66 valence electrons. The monoisotopic (exact) mass is 276 g/mol. The Kier molecular flexibility index (Phi) is 4.53. The summed E-state index contributed by atoms with van der Waals surface area (Å²) in [4.78, 5) is 4.12. The van der Waals surface area contributed by atoms with Gasteiger partial charge in [0.25, 0.3) is 0 Å². The van der Waals surface area contributed by atoms with E-state index in [1.165, 1.54) is 11.1 Å². The Morgan fingerprint density at radius 2 is 2.33 bits per heavy atom. The summed E-state index contributed by atoms with van der Waals surface area (Å²) >= 11 is 2.36. The summed E-state index contributed by atoms with van der Waals surface area (Å²) in [5, 5.41) is 3.33. The van der Waals surface area contributed by atoms with Gasteiger partial charge in [0, 0.05) is 29.9 Å². The van der Waals surface area contributed by atoms with Crippen LogP contribution in [0.25, 0.3) is 0 Å². The maximum Gasteiger partial charge on any atom is 0.0313 e. The lowest BCUT2D eigenvalue weighted by atomic mass is 10.2. The first-order valence-corrected chi connectivity index (χ1v) is 5.52. The van der Waals surface area contributed by atoms with Crippen LogP contribution in [-0.2, 0) is 6.54 Å². The highest BCUT2D eigenvalue weighted by molar-refractivity contribution is 14.1. The second kappa shape index (κ2) is 5.48. The minimum atomic E-state index is 0.928. The SMILES string of the molecule is Cc1cncc(CNCCI)c1. The molecule has 1 aromatic rings. The van der Waals surface area contributed by atoms with Crippen molar-refractivity contribution >= 4 is 22.6 Å². The van der Waals surface area contributed by atoms with Crippen molar-refractivity contribution in [3.05, 3.63) is 29.6 Å².